The van der Waals surface area contributed by atoms with Gasteiger partial charge in [-0.25, -0.2) is 4.98 Å². The van der Waals surface area contributed by atoms with Crippen LogP contribution < -0.4 is 10.2 Å². The van der Waals surface area contributed by atoms with Gasteiger partial charge in [-0.3, -0.25) is 4.98 Å². The molecule has 5 nitrogen and oxygen atoms in total. The second-order valence-corrected chi connectivity index (χ2v) is 5.82. The first-order valence-corrected chi connectivity index (χ1v) is 8.27. The highest BCUT2D eigenvalue weighted by atomic mass is 16.3. The highest BCUT2D eigenvalue weighted by Crippen LogP contribution is 2.26. The van der Waals surface area contributed by atoms with Crippen molar-refractivity contribution in [3.8, 4) is 0 Å². The second kappa shape index (κ2) is 8.26. The van der Waals surface area contributed by atoms with Crippen LogP contribution in [0.15, 0.2) is 73.2 Å². The Labute approximate surface area is 148 Å². The van der Waals surface area contributed by atoms with E-state index >= 15 is 0 Å². The lowest BCUT2D eigenvalue weighted by molar-refractivity contribution is 0.304. The SMILES string of the molecule is CN(CCO)c1ccc(NC(c2ccccc2)c2ccncc2)nc1. The average Bonchev–Trinajstić information content (AvgIpc) is 2.68. The van der Waals surface area contributed by atoms with Gasteiger partial charge in [-0.1, -0.05) is 30.3 Å². The van der Waals surface area contributed by atoms with Crippen molar-refractivity contribution in [2.24, 2.45) is 0 Å². The Morgan fingerprint density at radius 2 is 1.72 bits per heavy atom. The Morgan fingerprint density at radius 3 is 2.36 bits per heavy atom. The first-order chi connectivity index (χ1) is 12.3. The van der Waals surface area contributed by atoms with Gasteiger partial charge in [-0.2, -0.15) is 0 Å². The van der Waals surface area contributed by atoms with Gasteiger partial charge in [0.2, 0.25) is 0 Å². The zero-order chi connectivity index (χ0) is 17.5. The van der Waals surface area contributed by atoms with Gasteiger partial charge in [0.05, 0.1) is 24.5 Å². The number of anilines is 2. The Morgan fingerprint density at radius 1 is 1.00 bits per heavy atom. The van der Waals surface area contributed by atoms with E-state index in [0.29, 0.717) is 6.54 Å². The summed E-state index contributed by atoms with van der Waals surface area (Å²) in [5, 5.41) is 12.5. The van der Waals surface area contributed by atoms with Gasteiger partial charge in [0.15, 0.2) is 0 Å². The number of likely N-dealkylation sites (N-methyl/N-ethyl adjacent to an activating group) is 1. The van der Waals surface area contributed by atoms with Crippen molar-refractivity contribution >= 4 is 11.5 Å². The van der Waals surface area contributed by atoms with Crippen LogP contribution in [0.4, 0.5) is 11.5 Å². The molecule has 0 aliphatic carbocycles. The van der Waals surface area contributed by atoms with Crippen molar-refractivity contribution in [2.75, 3.05) is 30.4 Å². The molecule has 0 radical (unpaired) electrons. The third-order valence-corrected chi connectivity index (χ3v) is 4.09. The fourth-order valence-corrected chi connectivity index (χ4v) is 2.68. The molecule has 128 valence electrons. The third kappa shape index (κ3) is 4.33. The number of aliphatic hydroxyl groups is 1. The molecular weight excluding hydrogens is 312 g/mol. The standard InChI is InChI=1S/C20H22N4O/c1-24(13-14-25)18-7-8-19(22-15-18)23-20(16-5-3-2-4-6-16)17-9-11-21-12-10-17/h2-12,15,20,25H,13-14H2,1H3,(H,22,23). The molecule has 0 aliphatic heterocycles. The normalized spacial score (nSPS) is 11.8. The smallest absolute Gasteiger partial charge is 0.126 e. The molecule has 25 heavy (non-hydrogen) atoms. The molecule has 0 saturated carbocycles. The average molecular weight is 334 g/mol. The predicted octanol–water partition coefficient (Wildman–Crippen LogP) is 3.11. The number of hydrogen-bond donors (Lipinski definition) is 2. The first-order valence-electron chi connectivity index (χ1n) is 8.27. The molecule has 3 aromatic rings. The van der Waals surface area contributed by atoms with Crippen molar-refractivity contribution in [2.45, 2.75) is 6.04 Å². The molecule has 1 atom stereocenters. The number of nitrogens with one attached hydrogen (secondary N) is 1. The molecule has 0 amide bonds. The summed E-state index contributed by atoms with van der Waals surface area (Å²) in [6, 6.07) is 18.2. The number of aromatic nitrogens is 2. The van der Waals surface area contributed by atoms with E-state index in [4.69, 9.17) is 5.11 Å². The zero-order valence-corrected chi connectivity index (χ0v) is 14.2. The van der Waals surface area contributed by atoms with Gasteiger partial charge in [-0.15, -0.1) is 0 Å². The van der Waals surface area contributed by atoms with Gasteiger partial charge < -0.3 is 15.3 Å². The quantitative estimate of drug-likeness (QED) is 0.695. The number of rotatable bonds is 7. The molecule has 1 unspecified atom stereocenters. The van der Waals surface area contributed by atoms with Crippen LogP contribution >= 0.6 is 0 Å². The molecular formula is C20H22N4O. The molecule has 0 fully saturated rings. The van der Waals surface area contributed by atoms with Gasteiger partial charge in [0.25, 0.3) is 0 Å². The number of pyridine rings is 2. The van der Waals surface area contributed by atoms with Crippen molar-refractivity contribution in [3.63, 3.8) is 0 Å². The fourth-order valence-electron chi connectivity index (χ4n) is 2.68. The minimum absolute atomic E-state index is 0.00211. The van der Waals surface area contributed by atoms with E-state index in [1.807, 2.05) is 60.6 Å². The molecule has 1 aromatic carbocycles. The van der Waals surface area contributed by atoms with Crippen LogP contribution in [0, 0.1) is 0 Å². The molecule has 2 heterocycles. The van der Waals surface area contributed by atoms with Crippen molar-refractivity contribution < 1.29 is 5.11 Å². The summed E-state index contributed by atoms with van der Waals surface area (Å²) in [5.74, 6) is 0.798. The van der Waals surface area contributed by atoms with Gasteiger partial charge in [-0.05, 0) is 35.4 Å². The Hall–Kier alpha value is -2.92. The molecule has 3 rings (SSSR count). The maximum absolute atomic E-state index is 9.04. The van der Waals surface area contributed by atoms with Crippen molar-refractivity contribution in [3.05, 3.63) is 84.3 Å². The monoisotopic (exact) mass is 334 g/mol. The van der Waals surface area contributed by atoms with Crippen molar-refractivity contribution in [1.29, 1.82) is 0 Å². The van der Waals surface area contributed by atoms with E-state index in [2.05, 4.69) is 27.4 Å². The van der Waals surface area contributed by atoms with Crippen LogP contribution in [0.3, 0.4) is 0 Å². The Kier molecular flexibility index (Phi) is 5.59. The summed E-state index contributed by atoms with van der Waals surface area (Å²) in [6.45, 7) is 0.701. The van der Waals surface area contributed by atoms with Crippen LogP contribution in [0.2, 0.25) is 0 Å². The molecule has 0 aliphatic rings. The number of aliphatic hydroxyl groups excluding tert-OH is 1. The zero-order valence-electron chi connectivity index (χ0n) is 14.2. The molecule has 2 aromatic heterocycles. The van der Waals surface area contributed by atoms with E-state index in [9.17, 15) is 0 Å². The number of hydrogen-bond acceptors (Lipinski definition) is 5. The lowest BCUT2D eigenvalue weighted by Gasteiger charge is -2.21. The van der Waals surface area contributed by atoms with Crippen LogP contribution in [0.5, 0.6) is 0 Å². The summed E-state index contributed by atoms with van der Waals surface area (Å²) >= 11 is 0. The number of nitrogens with zero attached hydrogens (tertiary/aromatic N) is 3. The minimum atomic E-state index is -0.00211. The van der Waals surface area contributed by atoms with Crippen LogP contribution in [0.1, 0.15) is 17.2 Å². The molecule has 0 bridgehead atoms. The summed E-state index contributed by atoms with van der Waals surface area (Å²) < 4.78 is 0. The number of benzene rings is 1. The Balaban J connectivity index is 1.83. The van der Waals surface area contributed by atoms with Gasteiger partial charge in [0.1, 0.15) is 5.82 Å². The predicted molar refractivity (Wildman–Crippen MR) is 101 cm³/mol. The summed E-state index contributed by atoms with van der Waals surface area (Å²) in [5.41, 5.74) is 3.27. The summed E-state index contributed by atoms with van der Waals surface area (Å²) in [7, 11) is 1.93. The maximum atomic E-state index is 9.04. The maximum Gasteiger partial charge on any atom is 0.126 e. The van der Waals surface area contributed by atoms with Gasteiger partial charge >= 0.3 is 0 Å². The molecule has 2 N–H and O–H groups in total. The van der Waals surface area contributed by atoms with E-state index in [1.165, 1.54) is 0 Å². The molecule has 0 spiro atoms. The summed E-state index contributed by atoms with van der Waals surface area (Å²) in [4.78, 5) is 10.6. The second-order valence-electron chi connectivity index (χ2n) is 5.82. The van der Waals surface area contributed by atoms with Gasteiger partial charge in [0, 0.05) is 26.0 Å². The fraction of sp³-hybridized carbons (Fsp3) is 0.200. The lowest BCUT2D eigenvalue weighted by atomic mass is 10.00. The van der Waals surface area contributed by atoms with Crippen LogP contribution in [0.25, 0.3) is 0 Å². The Bertz CT molecular complexity index is 723. The van der Waals surface area contributed by atoms with E-state index in [0.717, 1.165) is 22.6 Å². The largest absolute Gasteiger partial charge is 0.395 e. The lowest BCUT2D eigenvalue weighted by Crippen LogP contribution is -2.21. The highest BCUT2D eigenvalue weighted by Gasteiger charge is 2.14. The van der Waals surface area contributed by atoms with E-state index < -0.39 is 0 Å². The summed E-state index contributed by atoms with van der Waals surface area (Å²) in [6.07, 6.45) is 5.41. The highest BCUT2D eigenvalue weighted by molar-refractivity contribution is 5.51. The van der Waals surface area contributed by atoms with Crippen molar-refractivity contribution in [1.82, 2.24) is 9.97 Å². The minimum Gasteiger partial charge on any atom is -0.395 e. The van der Waals surface area contributed by atoms with Crippen LogP contribution in [-0.4, -0.2) is 35.3 Å². The van der Waals surface area contributed by atoms with Crippen LogP contribution in [-0.2, 0) is 0 Å². The van der Waals surface area contributed by atoms with E-state index in [1.54, 1.807) is 12.4 Å². The third-order valence-electron chi connectivity index (χ3n) is 4.09. The molecule has 0 saturated heterocycles. The topological polar surface area (TPSA) is 61.3 Å². The van der Waals surface area contributed by atoms with E-state index in [-0.39, 0.29) is 12.6 Å². The first kappa shape index (κ1) is 16.9. The molecule has 5 heteroatoms.